The second-order valence-electron chi connectivity index (χ2n) is 7.71. The molecule has 5 rings (SSSR count). The highest BCUT2D eigenvalue weighted by atomic mass is 16.5. The molecule has 0 aliphatic carbocycles. The molecule has 0 unspecified atom stereocenters. The van der Waals surface area contributed by atoms with E-state index in [9.17, 15) is 9.59 Å². The van der Waals surface area contributed by atoms with Crippen LogP contribution in [0.5, 0.6) is 5.75 Å². The summed E-state index contributed by atoms with van der Waals surface area (Å²) in [5.74, 6) is 1.27. The molecule has 3 aliphatic heterocycles. The van der Waals surface area contributed by atoms with Gasteiger partial charge in [-0.1, -0.05) is 36.4 Å². The summed E-state index contributed by atoms with van der Waals surface area (Å²) in [7, 11) is 1.63. The van der Waals surface area contributed by atoms with Gasteiger partial charge in [0.25, 0.3) is 5.91 Å². The number of benzene rings is 2. The zero-order valence-corrected chi connectivity index (χ0v) is 16.2. The minimum Gasteiger partial charge on any atom is -0.496 e. The van der Waals surface area contributed by atoms with Gasteiger partial charge < -0.3 is 14.5 Å². The van der Waals surface area contributed by atoms with Crippen LogP contribution in [0.15, 0.2) is 54.6 Å². The number of nitrogens with zero attached hydrogens (tertiary/aromatic N) is 2. The van der Waals surface area contributed by atoms with Crippen LogP contribution in [0.2, 0.25) is 0 Å². The van der Waals surface area contributed by atoms with Crippen molar-refractivity contribution in [1.82, 2.24) is 9.80 Å². The molecule has 5 nitrogen and oxygen atoms in total. The smallest absolute Gasteiger partial charge is 0.253 e. The van der Waals surface area contributed by atoms with Gasteiger partial charge >= 0.3 is 0 Å². The van der Waals surface area contributed by atoms with Crippen molar-refractivity contribution in [2.24, 2.45) is 5.92 Å². The second-order valence-corrected chi connectivity index (χ2v) is 7.71. The molecule has 2 aromatic rings. The molecule has 0 N–H and O–H groups in total. The molecule has 0 aromatic heterocycles. The average molecular weight is 378 g/mol. The summed E-state index contributed by atoms with van der Waals surface area (Å²) >= 11 is 0. The number of fused-ring (bicyclic) bond motifs is 4. The third-order valence-corrected chi connectivity index (χ3v) is 5.88. The lowest BCUT2D eigenvalue weighted by molar-refractivity contribution is -0.134. The molecule has 3 aliphatic rings. The van der Waals surface area contributed by atoms with E-state index in [1.165, 1.54) is 0 Å². The number of carbonyl (C=O) groups excluding carboxylic acids is 2. The Morgan fingerprint density at radius 2 is 1.71 bits per heavy atom. The van der Waals surface area contributed by atoms with Crippen molar-refractivity contribution in [2.75, 3.05) is 26.7 Å². The maximum Gasteiger partial charge on any atom is 0.253 e. The van der Waals surface area contributed by atoms with Gasteiger partial charge in [-0.2, -0.15) is 0 Å². The summed E-state index contributed by atoms with van der Waals surface area (Å²) in [6.45, 7) is 2.07. The van der Waals surface area contributed by atoms with Crippen LogP contribution in [0, 0.1) is 5.92 Å². The minimum absolute atomic E-state index is 0.0662. The molecule has 0 spiro atoms. The predicted octanol–water partition coefficient (Wildman–Crippen LogP) is 3.00. The Balaban J connectivity index is 1.49. The lowest BCUT2D eigenvalue weighted by atomic mass is 9.94. The van der Waals surface area contributed by atoms with Gasteiger partial charge in [0.1, 0.15) is 5.75 Å². The third-order valence-electron chi connectivity index (χ3n) is 5.88. The number of hydrogen-bond acceptors (Lipinski definition) is 3. The van der Waals surface area contributed by atoms with E-state index in [2.05, 4.69) is 0 Å². The number of rotatable bonds is 4. The Morgan fingerprint density at radius 1 is 0.964 bits per heavy atom. The number of piperidine rings is 1. The number of carbonyl (C=O) groups is 2. The first-order chi connectivity index (χ1) is 13.7. The fourth-order valence-corrected chi connectivity index (χ4v) is 4.43. The van der Waals surface area contributed by atoms with Crippen LogP contribution < -0.4 is 4.74 Å². The van der Waals surface area contributed by atoms with Crippen LogP contribution in [0.4, 0.5) is 0 Å². The van der Waals surface area contributed by atoms with Crippen LogP contribution in [0.25, 0.3) is 0 Å². The molecular formula is C23H26N2O3. The quantitative estimate of drug-likeness (QED) is 0.822. The van der Waals surface area contributed by atoms with Crippen molar-refractivity contribution in [3.8, 4) is 5.75 Å². The largest absolute Gasteiger partial charge is 0.496 e. The molecule has 28 heavy (non-hydrogen) atoms. The summed E-state index contributed by atoms with van der Waals surface area (Å²) in [6, 6.07) is 17.2. The molecular weight excluding hydrogens is 352 g/mol. The number of ether oxygens (including phenoxy) is 1. The van der Waals surface area contributed by atoms with Crippen LogP contribution in [-0.4, -0.2) is 54.4 Å². The van der Waals surface area contributed by atoms with Gasteiger partial charge in [-0.05, 0) is 37.0 Å². The Morgan fingerprint density at radius 3 is 2.50 bits per heavy atom. The fraction of sp³-hybridized carbons (Fsp3) is 0.391. The molecule has 0 saturated carbocycles. The molecule has 0 radical (unpaired) electrons. The van der Waals surface area contributed by atoms with Crippen molar-refractivity contribution in [3.05, 3.63) is 65.7 Å². The molecule has 2 amide bonds. The first-order valence-electron chi connectivity index (χ1n) is 9.91. The second kappa shape index (κ2) is 8.05. The van der Waals surface area contributed by atoms with Crippen molar-refractivity contribution in [1.29, 1.82) is 0 Å². The van der Waals surface area contributed by atoms with E-state index in [0.717, 1.165) is 42.8 Å². The van der Waals surface area contributed by atoms with Crippen LogP contribution in [0.1, 0.15) is 28.8 Å². The van der Waals surface area contributed by atoms with Gasteiger partial charge in [0.05, 0.1) is 13.5 Å². The van der Waals surface area contributed by atoms with E-state index < -0.39 is 0 Å². The fourth-order valence-electron chi connectivity index (χ4n) is 4.43. The summed E-state index contributed by atoms with van der Waals surface area (Å²) in [6.07, 6.45) is 2.36. The highest BCUT2D eigenvalue weighted by molar-refractivity contribution is 5.94. The van der Waals surface area contributed by atoms with E-state index in [1.54, 1.807) is 7.11 Å². The molecule has 3 heterocycles. The molecule has 2 bridgehead atoms. The van der Waals surface area contributed by atoms with E-state index in [-0.39, 0.29) is 17.9 Å². The molecule has 2 aromatic carbocycles. The molecule has 3 fully saturated rings. The minimum atomic E-state index is 0.0662. The Bertz CT molecular complexity index is 852. The zero-order valence-electron chi connectivity index (χ0n) is 16.2. The van der Waals surface area contributed by atoms with Gasteiger partial charge in [0.15, 0.2) is 0 Å². The lowest BCUT2D eigenvalue weighted by Crippen LogP contribution is -2.48. The van der Waals surface area contributed by atoms with Crippen molar-refractivity contribution >= 4 is 11.8 Å². The maximum atomic E-state index is 13.1. The van der Waals surface area contributed by atoms with Crippen LogP contribution in [0.3, 0.4) is 0 Å². The monoisotopic (exact) mass is 378 g/mol. The predicted molar refractivity (Wildman–Crippen MR) is 107 cm³/mol. The maximum absolute atomic E-state index is 13.1. The number of methoxy groups -OCH3 is 1. The van der Waals surface area contributed by atoms with Gasteiger partial charge in [-0.3, -0.25) is 9.59 Å². The normalized spacial score (nSPS) is 21.3. The standard InChI is InChI=1S/C23H26N2O3/c1-28-21-10-6-5-9-19(21)13-22(26)25-15-17-11-12-20(25)16-24(14-17)23(27)18-7-3-2-4-8-18/h2-10,17,20H,11-16H2,1H3/t17-,20+/m0/s1. The number of amides is 2. The first-order valence-corrected chi connectivity index (χ1v) is 9.91. The van der Waals surface area contributed by atoms with Crippen LogP contribution in [-0.2, 0) is 11.2 Å². The summed E-state index contributed by atoms with van der Waals surface area (Å²) in [5, 5.41) is 0. The number of hydrogen-bond donors (Lipinski definition) is 0. The van der Waals surface area contributed by atoms with E-state index in [4.69, 9.17) is 4.74 Å². The van der Waals surface area contributed by atoms with Crippen molar-refractivity contribution in [3.63, 3.8) is 0 Å². The Hall–Kier alpha value is -2.82. The average Bonchev–Trinajstić information content (AvgIpc) is 3.06. The van der Waals surface area contributed by atoms with E-state index in [1.807, 2.05) is 64.4 Å². The summed E-state index contributed by atoms with van der Waals surface area (Å²) in [4.78, 5) is 30.0. The van der Waals surface area contributed by atoms with E-state index >= 15 is 0 Å². The first kappa shape index (κ1) is 18.5. The molecule has 146 valence electrons. The molecule has 3 saturated heterocycles. The van der Waals surface area contributed by atoms with Crippen molar-refractivity contribution in [2.45, 2.75) is 25.3 Å². The Labute approximate surface area is 165 Å². The van der Waals surface area contributed by atoms with Gasteiger partial charge in [-0.15, -0.1) is 0 Å². The van der Waals surface area contributed by atoms with Crippen molar-refractivity contribution < 1.29 is 14.3 Å². The molecule has 5 heteroatoms. The third kappa shape index (κ3) is 3.75. The molecule has 2 atom stereocenters. The topological polar surface area (TPSA) is 49.9 Å². The lowest BCUT2D eigenvalue weighted by Gasteiger charge is -2.36. The van der Waals surface area contributed by atoms with Crippen LogP contribution >= 0.6 is 0 Å². The summed E-state index contributed by atoms with van der Waals surface area (Å²) < 4.78 is 5.39. The van der Waals surface area contributed by atoms with E-state index in [0.29, 0.717) is 18.9 Å². The SMILES string of the molecule is COc1ccccc1CC(=O)N1C[C@H]2CC[C@@H]1CN(C(=O)c1ccccc1)C2. The highest BCUT2D eigenvalue weighted by Gasteiger charge is 2.38. The zero-order chi connectivity index (χ0) is 19.5. The van der Waals surface area contributed by atoms with Gasteiger partial charge in [-0.25, -0.2) is 0 Å². The number of para-hydroxylation sites is 1. The van der Waals surface area contributed by atoms with Gasteiger partial charge in [0, 0.05) is 36.8 Å². The Kier molecular flexibility index (Phi) is 5.33. The van der Waals surface area contributed by atoms with Gasteiger partial charge in [0.2, 0.25) is 5.91 Å². The summed E-state index contributed by atoms with van der Waals surface area (Å²) in [5.41, 5.74) is 1.63. The highest BCUT2D eigenvalue weighted by Crippen LogP contribution is 2.30.